The number of rotatable bonds is 5. The van der Waals surface area contributed by atoms with E-state index in [-0.39, 0.29) is 6.54 Å². The van der Waals surface area contributed by atoms with Gasteiger partial charge in [0, 0.05) is 10.7 Å². The third-order valence-electron chi connectivity index (χ3n) is 4.75. The van der Waals surface area contributed by atoms with Crippen LogP contribution in [0.2, 0.25) is 5.02 Å². The summed E-state index contributed by atoms with van der Waals surface area (Å²) in [5.41, 5.74) is 0.922. The Morgan fingerprint density at radius 2 is 1.89 bits per heavy atom. The molecule has 27 heavy (non-hydrogen) atoms. The summed E-state index contributed by atoms with van der Waals surface area (Å²) >= 11 is 5.96. The van der Waals surface area contributed by atoms with Crippen molar-refractivity contribution < 1.29 is 14.4 Å². The number of nitrogens with one attached hydrogen (secondary N) is 2. The minimum absolute atomic E-state index is 0.370. The summed E-state index contributed by atoms with van der Waals surface area (Å²) in [7, 11) is 0. The van der Waals surface area contributed by atoms with Crippen LogP contribution in [0, 0.1) is 6.92 Å². The Hall–Kier alpha value is -2.86. The number of amides is 4. The molecule has 0 radical (unpaired) electrons. The molecule has 0 aromatic heterocycles. The van der Waals surface area contributed by atoms with Gasteiger partial charge in [-0.1, -0.05) is 54.9 Å². The van der Waals surface area contributed by atoms with Gasteiger partial charge in [0.15, 0.2) is 0 Å². The Morgan fingerprint density at radius 3 is 2.56 bits per heavy atom. The Balaban J connectivity index is 1.79. The summed E-state index contributed by atoms with van der Waals surface area (Å²) < 4.78 is 0. The van der Waals surface area contributed by atoms with Crippen molar-refractivity contribution in [1.82, 2.24) is 10.2 Å². The standard InChI is InChI=1S/C20H20ClN3O3/c1-3-20(14-7-5-4-6-8-14)18(26)24(19(27)23-20)12-17(25)22-16-11-15(21)10-9-13(16)2/h4-11H,3,12H2,1-2H3,(H,22,25)(H,23,27). The first-order chi connectivity index (χ1) is 12.9. The van der Waals surface area contributed by atoms with Crippen LogP contribution in [-0.4, -0.2) is 29.3 Å². The predicted octanol–water partition coefficient (Wildman–Crippen LogP) is 3.44. The van der Waals surface area contributed by atoms with E-state index < -0.39 is 23.4 Å². The summed E-state index contributed by atoms with van der Waals surface area (Å²) in [5.74, 6) is -0.900. The number of halogens is 1. The number of carbonyl (C=O) groups excluding carboxylic acids is 3. The van der Waals surface area contributed by atoms with Gasteiger partial charge in [0.05, 0.1) is 0 Å². The first-order valence-electron chi connectivity index (χ1n) is 8.63. The molecule has 1 fully saturated rings. The largest absolute Gasteiger partial charge is 0.325 e. The van der Waals surface area contributed by atoms with Crippen molar-refractivity contribution in [3.63, 3.8) is 0 Å². The third-order valence-corrected chi connectivity index (χ3v) is 4.98. The first kappa shape index (κ1) is 18.9. The molecule has 1 aliphatic heterocycles. The fourth-order valence-corrected chi connectivity index (χ4v) is 3.37. The summed E-state index contributed by atoms with van der Waals surface area (Å²) in [6.45, 7) is 3.28. The molecule has 1 aliphatic rings. The molecule has 1 saturated heterocycles. The Kier molecular flexibility index (Phi) is 5.19. The minimum atomic E-state index is -1.15. The van der Waals surface area contributed by atoms with Crippen LogP contribution in [0.25, 0.3) is 0 Å². The van der Waals surface area contributed by atoms with Gasteiger partial charge in [-0.2, -0.15) is 0 Å². The van der Waals surface area contributed by atoms with Crippen LogP contribution in [0.15, 0.2) is 48.5 Å². The molecule has 3 rings (SSSR count). The molecule has 0 aliphatic carbocycles. The lowest BCUT2D eigenvalue weighted by molar-refractivity contribution is -0.134. The van der Waals surface area contributed by atoms with E-state index in [4.69, 9.17) is 11.6 Å². The molecular weight excluding hydrogens is 366 g/mol. The van der Waals surface area contributed by atoms with Crippen LogP contribution in [0.3, 0.4) is 0 Å². The van der Waals surface area contributed by atoms with Gasteiger partial charge in [-0.3, -0.25) is 14.5 Å². The highest BCUT2D eigenvalue weighted by Gasteiger charge is 2.51. The summed E-state index contributed by atoms with van der Waals surface area (Å²) in [5, 5.41) is 5.95. The van der Waals surface area contributed by atoms with E-state index >= 15 is 0 Å². The SMILES string of the molecule is CCC1(c2ccccc2)NC(=O)N(CC(=O)Nc2cc(Cl)ccc2C)C1=O. The molecule has 1 unspecified atom stereocenters. The van der Waals surface area contributed by atoms with Crippen molar-refractivity contribution in [2.45, 2.75) is 25.8 Å². The van der Waals surface area contributed by atoms with E-state index in [2.05, 4.69) is 10.6 Å². The average Bonchev–Trinajstić information content (AvgIpc) is 2.90. The third kappa shape index (κ3) is 3.53. The lowest BCUT2D eigenvalue weighted by Crippen LogP contribution is -2.44. The highest BCUT2D eigenvalue weighted by atomic mass is 35.5. The second-order valence-corrected chi connectivity index (χ2v) is 6.89. The number of hydrogen-bond acceptors (Lipinski definition) is 3. The number of urea groups is 1. The molecular formula is C20H20ClN3O3. The lowest BCUT2D eigenvalue weighted by atomic mass is 9.87. The molecule has 2 aromatic carbocycles. The molecule has 0 saturated carbocycles. The fourth-order valence-electron chi connectivity index (χ4n) is 3.19. The zero-order valence-corrected chi connectivity index (χ0v) is 15.8. The van der Waals surface area contributed by atoms with Gasteiger partial charge >= 0.3 is 6.03 Å². The quantitative estimate of drug-likeness (QED) is 0.774. The normalized spacial score (nSPS) is 19.1. The van der Waals surface area contributed by atoms with E-state index in [1.165, 1.54) is 0 Å². The maximum Gasteiger partial charge on any atom is 0.325 e. The zero-order valence-electron chi connectivity index (χ0n) is 15.1. The van der Waals surface area contributed by atoms with E-state index in [0.29, 0.717) is 22.7 Å². The topological polar surface area (TPSA) is 78.5 Å². The van der Waals surface area contributed by atoms with Gasteiger partial charge in [0.2, 0.25) is 5.91 Å². The van der Waals surface area contributed by atoms with Gasteiger partial charge in [-0.25, -0.2) is 4.79 Å². The molecule has 2 aromatic rings. The van der Waals surface area contributed by atoms with Gasteiger partial charge in [0.25, 0.3) is 5.91 Å². The number of hydrogen-bond donors (Lipinski definition) is 2. The van der Waals surface area contributed by atoms with Crippen LogP contribution < -0.4 is 10.6 Å². The van der Waals surface area contributed by atoms with Crippen LogP contribution in [-0.2, 0) is 15.1 Å². The van der Waals surface area contributed by atoms with Crippen LogP contribution >= 0.6 is 11.6 Å². The molecule has 140 valence electrons. The molecule has 7 heteroatoms. The number of benzene rings is 2. The summed E-state index contributed by atoms with van der Waals surface area (Å²) in [6.07, 6.45) is 0.382. The number of nitrogens with zero attached hydrogens (tertiary/aromatic N) is 1. The minimum Gasteiger partial charge on any atom is -0.324 e. The molecule has 1 atom stereocenters. The predicted molar refractivity (Wildman–Crippen MR) is 103 cm³/mol. The Labute approximate surface area is 162 Å². The van der Waals surface area contributed by atoms with Crippen molar-refractivity contribution in [3.8, 4) is 0 Å². The first-order valence-corrected chi connectivity index (χ1v) is 9.01. The highest BCUT2D eigenvalue weighted by Crippen LogP contribution is 2.32. The average molecular weight is 386 g/mol. The Morgan fingerprint density at radius 1 is 1.19 bits per heavy atom. The van der Waals surface area contributed by atoms with Crippen molar-refractivity contribution in [1.29, 1.82) is 0 Å². The zero-order chi connectivity index (χ0) is 19.6. The van der Waals surface area contributed by atoms with Crippen LogP contribution in [0.5, 0.6) is 0 Å². The number of imide groups is 1. The van der Waals surface area contributed by atoms with Crippen molar-refractivity contribution in [3.05, 3.63) is 64.7 Å². The monoisotopic (exact) mass is 385 g/mol. The summed E-state index contributed by atoms with van der Waals surface area (Å²) in [6, 6.07) is 13.6. The Bertz CT molecular complexity index is 901. The van der Waals surface area contributed by atoms with Crippen LogP contribution in [0.4, 0.5) is 10.5 Å². The number of carbonyl (C=O) groups is 3. The number of aryl methyl sites for hydroxylation is 1. The second-order valence-electron chi connectivity index (χ2n) is 6.45. The van der Waals surface area contributed by atoms with E-state index in [1.54, 1.807) is 30.3 Å². The molecule has 0 spiro atoms. The van der Waals surface area contributed by atoms with Gasteiger partial charge in [0.1, 0.15) is 12.1 Å². The molecule has 4 amide bonds. The maximum atomic E-state index is 13.0. The number of anilines is 1. The van der Waals surface area contributed by atoms with Crippen molar-refractivity contribution >= 4 is 35.1 Å². The van der Waals surface area contributed by atoms with E-state index in [9.17, 15) is 14.4 Å². The lowest BCUT2D eigenvalue weighted by Gasteiger charge is -2.25. The smallest absolute Gasteiger partial charge is 0.324 e. The molecule has 0 bridgehead atoms. The van der Waals surface area contributed by atoms with Gasteiger partial charge < -0.3 is 10.6 Å². The van der Waals surface area contributed by atoms with Crippen molar-refractivity contribution in [2.75, 3.05) is 11.9 Å². The van der Waals surface area contributed by atoms with Crippen molar-refractivity contribution in [2.24, 2.45) is 0 Å². The summed E-state index contributed by atoms with van der Waals surface area (Å²) in [4.78, 5) is 38.8. The fraction of sp³-hybridized carbons (Fsp3) is 0.250. The van der Waals surface area contributed by atoms with E-state index in [0.717, 1.165) is 10.5 Å². The second kappa shape index (κ2) is 7.40. The van der Waals surface area contributed by atoms with Crippen LogP contribution in [0.1, 0.15) is 24.5 Å². The van der Waals surface area contributed by atoms with Gasteiger partial charge in [-0.15, -0.1) is 0 Å². The highest BCUT2D eigenvalue weighted by molar-refractivity contribution is 6.31. The van der Waals surface area contributed by atoms with E-state index in [1.807, 2.05) is 32.0 Å². The molecule has 2 N–H and O–H groups in total. The molecule has 1 heterocycles. The maximum absolute atomic E-state index is 13.0. The van der Waals surface area contributed by atoms with Gasteiger partial charge in [-0.05, 0) is 36.6 Å². The molecule has 6 nitrogen and oxygen atoms in total.